The van der Waals surface area contributed by atoms with Crippen molar-refractivity contribution in [3.63, 3.8) is 0 Å². The van der Waals surface area contributed by atoms with Gasteiger partial charge in [-0.3, -0.25) is 0 Å². The summed E-state index contributed by atoms with van der Waals surface area (Å²) in [6.45, 7) is 3.95. The molecule has 0 unspecified atom stereocenters. The Balaban J connectivity index is 2.03. The van der Waals surface area contributed by atoms with Crippen LogP contribution in [0, 0.1) is 13.8 Å². The topological polar surface area (TPSA) is 65.2 Å². The van der Waals surface area contributed by atoms with Crippen LogP contribution in [-0.4, -0.2) is 11.0 Å². The Morgan fingerprint density at radius 3 is 2.83 bits per heavy atom. The molecule has 0 radical (unpaired) electrons. The quantitative estimate of drug-likeness (QED) is 0.682. The van der Waals surface area contributed by atoms with Crippen molar-refractivity contribution in [3.05, 3.63) is 45.4 Å². The number of benzene rings is 1. The zero-order valence-corrected chi connectivity index (χ0v) is 11.1. The van der Waals surface area contributed by atoms with Gasteiger partial charge in [-0.05, 0) is 37.6 Å². The van der Waals surface area contributed by atoms with Crippen LogP contribution >= 0.6 is 11.3 Å². The van der Waals surface area contributed by atoms with Crippen molar-refractivity contribution in [1.82, 2.24) is 4.98 Å². The minimum Gasteiger partial charge on any atom is -0.455 e. The van der Waals surface area contributed by atoms with Gasteiger partial charge < -0.3 is 10.5 Å². The maximum Gasteiger partial charge on any atom is 0.338 e. The number of hydrogen-bond donors (Lipinski definition) is 1. The van der Waals surface area contributed by atoms with Gasteiger partial charge >= 0.3 is 5.97 Å². The summed E-state index contributed by atoms with van der Waals surface area (Å²) in [5.41, 5.74) is 8.57. The summed E-state index contributed by atoms with van der Waals surface area (Å²) in [5, 5.41) is 2.73. The molecule has 18 heavy (non-hydrogen) atoms. The first-order valence-electron chi connectivity index (χ1n) is 5.50. The van der Waals surface area contributed by atoms with E-state index >= 15 is 0 Å². The number of ether oxygens (including phenoxy) is 1. The minimum atomic E-state index is -0.347. The first-order valence-corrected chi connectivity index (χ1v) is 6.38. The van der Waals surface area contributed by atoms with Crippen molar-refractivity contribution in [2.45, 2.75) is 20.5 Å². The number of thiazole rings is 1. The first kappa shape index (κ1) is 12.6. The third kappa shape index (κ3) is 2.87. The van der Waals surface area contributed by atoms with Crippen LogP contribution in [0.3, 0.4) is 0 Å². The summed E-state index contributed by atoms with van der Waals surface area (Å²) < 4.78 is 5.22. The van der Waals surface area contributed by atoms with Gasteiger partial charge in [0.15, 0.2) is 0 Å². The molecule has 0 saturated carbocycles. The van der Waals surface area contributed by atoms with Crippen molar-refractivity contribution in [3.8, 4) is 0 Å². The number of hydrogen-bond acceptors (Lipinski definition) is 5. The Hall–Kier alpha value is -1.88. The van der Waals surface area contributed by atoms with Crippen molar-refractivity contribution in [2.75, 3.05) is 5.73 Å². The van der Waals surface area contributed by atoms with Gasteiger partial charge in [0.05, 0.1) is 5.56 Å². The number of carbonyl (C=O) groups excluding carboxylic acids is 1. The molecule has 0 fully saturated rings. The summed E-state index contributed by atoms with van der Waals surface area (Å²) in [6.07, 6.45) is 0. The molecule has 0 amide bonds. The molecule has 1 heterocycles. The normalized spacial score (nSPS) is 10.3. The number of nitrogens with two attached hydrogens (primary N) is 1. The van der Waals surface area contributed by atoms with E-state index in [1.54, 1.807) is 18.2 Å². The predicted molar refractivity (Wildman–Crippen MR) is 71.6 cm³/mol. The van der Waals surface area contributed by atoms with E-state index in [-0.39, 0.29) is 12.6 Å². The standard InChI is InChI=1S/C13H14N2O2S/c1-8-5-10(14)3-4-11(8)13(16)17-6-12-15-9(2)7-18-12/h3-5,7H,6,14H2,1-2H3. The first-order chi connectivity index (χ1) is 8.56. The van der Waals surface area contributed by atoms with E-state index in [0.29, 0.717) is 11.3 Å². The lowest BCUT2D eigenvalue weighted by Crippen LogP contribution is -2.07. The number of aromatic nitrogens is 1. The molecule has 0 aliphatic rings. The molecule has 5 heteroatoms. The molecule has 0 atom stereocenters. The number of nitrogens with zero attached hydrogens (tertiary/aromatic N) is 1. The Labute approximate surface area is 109 Å². The fraction of sp³-hybridized carbons (Fsp3) is 0.231. The monoisotopic (exact) mass is 262 g/mol. The van der Waals surface area contributed by atoms with Gasteiger partial charge in [-0.15, -0.1) is 11.3 Å². The third-order valence-electron chi connectivity index (χ3n) is 2.46. The minimum absolute atomic E-state index is 0.209. The molecule has 1 aromatic heterocycles. The Bertz CT molecular complexity index is 578. The predicted octanol–water partition coefficient (Wildman–Crippen LogP) is 2.70. The van der Waals surface area contributed by atoms with E-state index in [4.69, 9.17) is 10.5 Å². The number of anilines is 1. The summed E-state index contributed by atoms with van der Waals surface area (Å²) in [6, 6.07) is 5.13. The SMILES string of the molecule is Cc1csc(COC(=O)c2ccc(N)cc2C)n1. The fourth-order valence-electron chi connectivity index (χ4n) is 1.59. The second-order valence-corrected chi connectivity index (χ2v) is 4.98. The highest BCUT2D eigenvalue weighted by Crippen LogP contribution is 2.15. The summed E-state index contributed by atoms with van der Waals surface area (Å²) >= 11 is 1.49. The molecule has 1 aromatic carbocycles. The Morgan fingerprint density at radius 2 is 2.22 bits per heavy atom. The second-order valence-electron chi connectivity index (χ2n) is 4.03. The van der Waals surface area contributed by atoms with E-state index in [9.17, 15) is 4.79 Å². The fourth-order valence-corrected chi connectivity index (χ4v) is 2.27. The number of carbonyl (C=O) groups is 1. The molecular weight excluding hydrogens is 248 g/mol. The molecule has 2 N–H and O–H groups in total. The maximum atomic E-state index is 11.9. The summed E-state index contributed by atoms with van der Waals surface area (Å²) in [4.78, 5) is 16.1. The van der Waals surface area contributed by atoms with Crippen LogP contribution in [0.4, 0.5) is 5.69 Å². The molecular formula is C13H14N2O2S. The lowest BCUT2D eigenvalue weighted by atomic mass is 10.1. The Kier molecular flexibility index (Phi) is 3.62. The van der Waals surface area contributed by atoms with Gasteiger partial charge in [0.25, 0.3) is 0 Å². The number of nitrogen functional groups attached to an aromatic ring is 1. The Morgan fingerprint density at radius 1 is 1.44 bits per heavy atom. The average molecular weight is 262 g/mol. The van der Waals surface area contributed by atoms with Gasteiger partial charge in [0, 0.05) is 16.8 Å². The molecule has 2 rings (SSSR count). The van der Waals surface area contributed by atoms with Crippen LogP contribution in [-0.2, 0) is 11.3 Å². The van der Waals surface area contributed by atoms with Crippen LogP contribution < -0.4 is 5.73 Å². The van der Waals surface area contributed by atoms with Crippen LogP contribution in [0.25, 0.3) is 0 Å². The van der Waals surface area contributed by atoms with Gasteiger partial charge in [-0.25, -0.2) is 9.78 Å². The highest BCUT2D eigenvalue weighted by Gasteiger charge is 2.11. The summed E-state index contributed by atoms with van der Waals surface area (Å²) in [7, 11) is 0. The van der Waals surface area contributed by atoms with Crippen molar-refractivity contribution >= 4 is 23.0 Å². The lowest BCUT2D eigenvalue weighted by molar-refractivity contribution is 0.0471. The van der Waals surface area contributed by atoms with Crippen LogP contribution in [0.2, 0.25) is 0 Å². The zero-order valence-electron chi connectivity index (χ0n) is 10.3. The number of esters is 1. The maximum absolute atomic E-state index is 11.9. The van der Waals surface area contributed by atoms with Crippen LogP contribution in [0.15, 0.2) is 23.6 Å². The largest absolute Gasteiger partial charge is 0.455 e. The average Bonchev–Trinajstić information content (AvgIpc) is 2.72. The van der Waals surface area contributed by atoms with Crippen molar-refractivity contribution in [1.29, 1.82) is 0 Å². The van der Waals surface area contributed by atoms with Gasteiger partial charge in [-0.2, -0.15) is 0 Å². The molecule has 2 aromatic rings. The van der Waals surface area contributed by atoms with Crippen molar-refractivity contribution < 1.29 is 9.53 Å². The van der Waals surface area contributed by atoms with E-state index in [0.717, 1.165) is 16.3 Å². The van der Waals surface area contributed by atoms with E-state index in [2.05, 4.69) is 4.98 Å². The summed E-state index contributed by atoms with van der Waals surface area (Å²) in [5.74, 6) is -0.347. The molecule has 94 valence electrons. The van der Waals surface area contributed by atoms with Gasteiger partial charge in [0.2, 0.25) is 0 Å². The van der Waals surface area contributed by atoms with E-state index in [1.807, 2.05) is 19.2 Å². The van der Waals surface area contributed by atoms with Gasteiger partial charge in [0.1, 0.15) is 11.6 Å². The molecule has 0 spiro atoms. The van der Waals surface area contributed by atoms with Crippen LogP contribution in [0.5, 0.6) is 0 Å². The number of rotatable bonds is 3. The van der Waals surface area contributed by atoms with E-state index < -0.39 is 0 Å². The third-order valence-corrected chi connectivity index (χ3v) is 3.40. The van der Waals surface area contributed by atoms with Crippen molar-refractivity contribution in [2.24, 2.45) is 0 Å². The smallest absolute Gasteiger partial charge is 0.338 e. The molecule has 0 aliphatic heterocycles. The zero-order chi connectivity index (χ0) is 13.1. The van der Waals surface area contributed by atoms with Crippen LogP contribution in [0.1, 0.15) is 26.6 Å². The highest BCUT2D eigenvalue weighted by atomic mass is 32.1. The van der Waals surface area contributed by atoms with E-state index in [1.165, 1.54) is 11.3 Å². The molecule has 4 nitrogen and oxygen atoms in total. The number of aryl methyl sites for hydroxylation is 2. The lowest BCUT2D eigenvalue weighted by Gasteiger charge is -2.06. The highest BCUT2D eigenvalue weighted by molar-refractivity contribution is 7.09. The molecule has 0 bridgehead atoms. The molecule has 0 saturated heterocycles. The molecule has 0 aliphatic carbocycles. The van der Waals surface area contributed by atoms with Gasteiger partial charge in [-0.1, -0.05) is 0 Å². The second kappa shape index (κ2) is 5.18.